The molecule has 3 aromatic rings. The Balaban J connectivity index is 1.35. The summed E-state index contributed by atoms with van der Waals surface area (Å²) in [6.07, 6.45) is 0. The van der Waals surface area contributed by atoms with Crippen LogP contribution >= 0.6 is 0 Å². The van der Waals surface area contributed by atoms with Crippen molar-refractivity contribution < 1.29 is 14.3 Å². The lowest BCUT2D eigenvalue weighted by molar-refractivity contribution is 0.0340. The lowest BCUT2D eigenvalue weighted by Gasteiger charge is -2.27. The molecule has 4 rings (SSSR count). The van der Waals surface area contributed by atoms with E-state index in [4.69, 9.17) is 9.47 Å². The van der Waals surface area contributed by atoms with Crippen LogP contribution < -0.4 is 10.1 Å². The zero-order chi connectivity index (χ0) is 22.2. The van der Waals surface area contributed by atoms with E-state index in [9.17, 15) is 4.79 Å². The Hall–Kier alpha value is -3.15. The Morgan fingerprint density at radius 1 is 0.969 bits per heavy atom. The van der Waals surface area contributed by atoms with Crippen molar-refractivity contribution in [2.45, 2.75) is 26.6 Å². The summed E-state index contributed by atoms with van der Waals surface area (Å²) in [5, 5.41) is 3.06. The first-order valence-corrected chi connectivity index (χ1v) is 11.1. The number of ether oxygens (including phenoxy) is 2. The van der Waals surface area contributed by atoms with Crippen LogP contribution in [0.2, 0.25) is 0 Å². The standard InChI is InChI=1S/C27H30N2O3/c1-21-6-4-7-22(16-21)20-32-26-11-5-10-23(17-26)27(30)28-18-24-8-2-3-9-25(24)19-29-12-14-31-15-13-29/h2-11,16-17H,12-15,18-20H2,1H3,(H,28,30). The number of rotatable bonds is 8. The SMILES string of the molecule is Cc1cccc(COc2cccc(C(=O)NCc3ccccc3CN3CCOCC3)c2)c1. The zero-order valence-corrected chi connectivity index (χ0v) is 18.5. The molecule has 1 fully saturated rings. The van der Waals surface area contributed by atoms with Crippen LogP contribution in [0.25, 0.3) is 0 Å². The maximum Gasteiger partial charge on any atom is 0.251 e. The molecule has 0 saturated carbocycles. The highest BCUT2D eigenvalue weighted by Gasteiger charge is 2.13. The number of morpholine rings is 1. The molecule has 1 heterocycles. The predicted octanol–water partition coefficient (Wildman–Crippen LogP) is 4.34. The van der Waals surface area contributed by atoms with Crippen molar-refractivity contribution in [2.24, 2.45) is 0 Å². The molecule has 5 nitrogen and oxygen atoms in total. The van der Waals surface area contributed by atoms with E-state index in [0.29, 0.717) is 24.5 Å². The van der Waals surface area contributed by atoms with Gasteiger partial charge in [0, 0.05) is 31.7 Å². The summed E-state index contributed by atoms with van der Waals surface area (Å²) in [4.78, 5) is 15.2. The highest BCUT2D eigenvalue weighted by molar-refractivity contribution is 5.94. The third-order valence-corrected chi connectivity index (χ3v) is 5.64. The first kappa shape index (κ1) is 22.1. The van der Waals surface area contributed by atoms with Gasteiger partial charge in [-0.25, -0.2) is 0 Å². The predicted molar refractivity (Wildman–Crippen MR) is 126 cm³/mol. The maximum absolute atomic E-state index is 12.8. The van der Waals surface area contributed by atoms with Crippen LogP contribution in [0.4, 0.5) is 0 Å². The number of amides is 1. The van der Waals surface area contributed by atoms with Crippen molar-refractivity contribution in [3.8, 4) is 5.75 Å². The number of hydrogen-bond acceptors (Lipinski definition) is 4. The van der Waals surface area contributed by atoms with Gasteiger partial charge in [-0.2, -0.15) is 0 Å². The van der Waals surface area contributed by atoms with Crippen molar-refractivity contribution in [1.29, 1.82) is 0 Å². The van der Waals surface area contributed by atoms with Gasteiger partial charge in [0.2, 0.25) is 0 Å². The van der Waals surface area contributed by atoms with E-state index in [1.807, 2.05) is 36.4 Å². The van der Waals surface area contributed by atoms with Gasteiger partial charge in [-0.1, -0.05) is 60.2 Å². The molecule has 1 amide bonds. The number of carbonyl (C=O) groups excluding carboxylic acids is 1. The van der Waals surface area contributed by atoms with Gasteiger partial charge in [-0.15, -0.1) is 0 Å². The van der Waals surface area contributed by atoms with Crippen LogP contribution in [-0.4, -0.2) is 37.1 Å². The molecule has 1 saturated heterocycles. The van der Waals surface area contributed by atoms with E-state index in [1.165, 1.54) is 11.1 Å². The zero-order valence-electron chi connectivity index (χ0n) is 18.5. The molecule has 166 valence electrons. The summed E-state index contributed by atoms with van der Waals surface area (Å²) in [6.45, 7) is 7.34. The summed E-state index contributed by atoms with van der Waals surface area (Å²) in [6, 6.07) is 23.9. The minimum atomic E-state index is -0.104. The fourth-order valence-electron chi connectivity index (χ4n) is 3.86. The Morgan fingerprint density at radius 3 is 2.56 bits per heavy atom. The van der Waals surface area contributed by atoms with Crippen molar-refractivity contribution in [3.05, 3.63) is 101 Å². The van der Waals surface area contributed by atoms with Crippen LogP contribution in [0.1, 0.15) is 32.6 Å². The first-order valence-electron chi connectivity index (χ1n) is 11.1. The van der Waals surface area contributed by atoms with Crippen LogP contribution in [-0.2, 0) is 24.4 Å². The van der Waals surface area contributed by atoms with Gasteiger partial charge < -0.3 is 14.8 Å². The molecule has 0 bridgehead atoms. The second kappa shape index (κ2) is 10.9. The highest BCUT2D eigenvalue weighted by atomic mass is 16.5. The molecule has 0 unspecified atom stereocenters. The maximum atomic E-state index is 12.8. The smallest absolute Gasteiger partial charge is 0.251 e. The van der Waals surface area contributed by atoms with E-state index >= 15 is 0 Å². The summed E-state index contributed by atoms with van der Waals surface area (Å²) < 4.78 is 11.4. The average molecular weight is 431 g/mol. The Bertz CT molecular complexity index is 1040. The molecule has 0 aromatic heterocycles. The molecule has 1 aliphatic heterocycles. The van der Waals surface area contributed by atoms with E-state index < -0.39 is 0 Å². The first-order chi connectivity index (χ1) is 15.7. The number of nitrogens with one attached hydrogen (secondary N) is 1. The van der Waals surface area contributed by atoms with Crippen LogP contribution in [0.5, 0.6) is 5.75 Å². The van der Waals surface area contributed by atoms with Gasteiger partial charge in [0.15, 0.2) is 0 Å². The molecule has 0 radical (unpaired) electrons. The minimum Gasteiger partial charge on any atom is -0.489 e. The minimum absolute atomic E-state index is 0.104. The molecule has 1 N–H and O–H groups in total. The molecule has 5 heteroatoms. The van der Waals surface area contributed by atoms with Gasteiger partial charge in [0.25, 0.3) is 5.91 Å². The topological polar surface area (TPSA) is 50.8 Å². The average Bonchev–Trinajstić information content (AvgIpc) is 2.83. The lowest BCUT2D eigenvalue weighted by atomic mass is 10.1. The quantitative estimate of drug-likeness (QED) is 0.578. The molecule has 3 aromatic carbocycles. The van der Waals surface area contributed by atoms with Crippen LogP contribution in [0, 0.1) is 6.92 Å². The molecule has 32 heavy (non-hydrogen) atoms. The molecule has 0 spiro atoms. The van der Waals surface area contributed by atoms with E-state index in [-0.39, 0.29) is 5.91 Å². The van der Waals surface area contributed by atoms with Gasteiger partial charge in [-0.05, 0) is 41.8 Å². The fraction of sp³-hybridized carbons (Fsp3) is 0.296. The number of carbonyl (C=O) groups is 1. The van der Waals surface area contributed by atoms with Crippen molar-refractivity contribution >= 4 is 5.91 Å². The third-order valence-electron chi connectivity index (χ3n) is 5.64. The van der Waals surface area contributed by atoms with Crippen molar-refractivity contribution in [2.75, 3.05) is 26.3 Å². The number of hydrogen-bond donors (Lipinski definition) is 1. The largest absolute Gasteiger partial charge is 0.489 e. The second-order valence-corrected chi connectivity index (χ2v) is 8.15. The number of nitrogens with zero attached hydrogens (tertiary/aromatic N) is 1. The lowest BCUT2D eigenvalue weighted by Crippen LogP contribution is -2.36. The van der Waals surface area contributed by atoms with Gasteiger partial charge >= 0.3 is 0 Å². The molecule has 1 aliphatic rings. The molecule has 0 aliphatic carbocycles. The Morgan fingerprint density at radius 2 is 1.75 bits per heavy atom. The third kappa shape index (κ3) is 6.19. The molecular formula is C27H30N2O3. The highest BCUT2D eigenvalue weighted by Crippen LogP contribution is 2.17. The van der Waals surface area contributed by atoms with E-state index in [0.717, 1.165) is 44.0 Å². The fourth-order valence-corrected chi connectivity index (χ4v) is 3.86. The second-order valence-electron chi connectivity index (χ2n) is 8.15. The van der Waals surface area contributed by atoms with Gasteiger partial charge in [0.1, 0.15) is 12.4 Å². The number of aryl methyl sites for hydroxylation is 1. The van der Waals surface area contributed by atoms with Gasteiger partial charge in [-0.3, -0.25) is 9.69 Å². The van der Waals surface area contributed by atoms with Gasteiger partial charge in [0.05, 0.1) is 13.2 Å². The molecule has 0 atom stereocenters. The monoisotopic (exact) mass is 430 g/mol. The van der Waals surface area contributed by atoms with E-state index in [1.54, 1.807) is 6.07 Å². The Kier molecular flexibility index (Phi) is 7.54. The number of benzene rings is 3. The normalized spacial score (nSPS) is 14.2. The Labute approximate surface area is 190 Å². The van der Waals surface area contributed by atoms with Crippen molar-refractivity contribution in [1.82, 2.24) is 10.2 Å². The van der Waals surface area contributed by atoms with Crippen molar-refractivity contribution in [3.63, 3.8) is 0 Å². The van der Waals surface area contributed by atoms with E-state index in [2.05, 4.69) is 47.5 Å². The summed E-state index contributed by atoms with van der Waals surface area (Å²) in [5.41, 5.74) is 5.28. The summed E-state index contributed by atoms with van der Waals surface area (Å²) >= 11 is 0. The summed E-state index contributed by atoms with van der Waals surface area (Å²) in [5.74, 6) is 0.582. The molecular weight excluding hydrogens is 400 g/mol. The summed E-state index contributed by atoms with van der Waals surface area (Å²) in [7, 11) is 0. The van der Waals surface area contributed by atoms with Crippen LogP contribution in [0.3, 0.4) is 0 Å². The van der Waals surface area contributed by atoms with Crippen LogP contribution in [0.15, 0.2) is 72.8 Å².